The van der Waals surface area contributed by atoms with E-state index in [9.17, 15) is 5.11 Å². The summed E-state index contributed by atoms with van der Waals surface area (Å²) < 4.78 is 0. The van der Waals surface area contributed by atoms with E-state index in [1.54, 1.807) is 12.1 Å². The highest BCUT2D eigenvalue weighted by Gasteiger charge is 2.18. The third-order valence-electron chi connectivity index (χ3n) is 5.91. The average Bonchev–Trinajstić information content (AvgIpc) is 3.37. The van der Waals surface area contributed by atoms with Crippen LogP contribution < -0.4 is 0 Å². The quantitative estimate of drug-likeness (QED) is 0.309. The van der Waals surface area contributed by atoms with Crippen LogP contribution in [0.1, 0.15) is 35.4 Å². The maximum atomic E-state index is 9.73. The van der Waals surface area contributed by atoms with Gasteiger partial charge < -0.3 is 15.1 Å². The number of benzene rings is 3. The van der Waals surface area contributed by atoms with Gasteiger partial charge in [-0.1, -0.05) is 48.5 Å². The predicted molar refractivity (Wildman–Crippen MR) is 119 cm³/mol. The third-order valence-corrected chi connectivity index (χ3v) is 5.91. The van der Waals surface area contributed by atoms with E-state index in [1.165, 1.54) is 38.5 Å². The van der Waals surface area contributed by atoms with Gasteiger partial charge in [-0.15, -0.1) is 0 Å². The van der Waals surface area contributed by atoms with Crippen molar-refractivity contribution in [1.82, 2.24) is 9.97 Å². The van der Waals surface area contributed by atoms with Crippen LogP contribution in [-0.2, 0) is 6.42 Å². The molecule has 0 saturated carbocycles. The lowest BCUT2D eigenvalue weighted by Gasteiger charge is -2.17. The molecule has 144 valence electrons. The van der Waals surface area contributed by atoms with E-state index in [1.807, 2.05) is 12.1 Å². The van der Waals surface area contributed by atoms with E-state index in [4.69, 9.17) is 0 Å². The summed E-state index contributed by atoms with van der Waals surface area (Å²) in [7, 11) is 0. The third kappa shape index (κ3) is 3.40. The summed E-state index contributed by atoms with van der Waals surface area (Å²) in [5.41, 5.74) is 6.32. The Morgan fingerprint density at radius 1 is 0.724 bits per heavy atom. The highest BCUT2D eigenvalue weighted by molar-refractivity contribution is 5.84. The Kier molecular flexibility index (Phi) is 4.57. The van der Waals surface area contributed by atoms with Gasteiger partial charge >= 0.3 is 0 Å². The molecule has 3 N–H and O–H groups in total. The summed E-state index contributed by atoms with van der Waals surface area (Å²) in [5.74, 6) is 0.599. The zero-order chi connectivity index (χ0) is 19.6. The number of para-hydroxylation sites is 2. The number of phenolic OH excluding ortho intramolecular Hbond substituents is 1. The van der Waals surface area contributed by atoms with Crippen molar-refractivity contribution in [2.24, 2.45) is 0 Å². The minimum atomic E-state index is 0.289. The standard InChI is InChI=1S/C26H24N2O/c29-20-14-12-18(13-15-20)21(24-17-28-26-11-4-2-8-23(24)26)9-5-6-19-16-27-25-10-3-1-7-22(19)25/h1-4,7-8,10-17,21,27-29H,5-6,9H2. The van der Waals surface area contributed by atoms with Crippen molar-refractivity contribution in [2.45, 2.75) is 25.2 Å². The zero-order valence-corrected chi connectivity index (χ0v) is 16.2. The summed E-state index contributed by atoms with van der Waals surface area (Å²) in [6, 6.07) is 24.6. The van der Waals surface area contributed by atoms with Crippen molar-refractivity contribution < 1.29 is 5.11 Å². The average molecular weight is 380 g/mol. The SMILES string of the molecule is Oc1ccc(C(CCCc2c[nH]c3ccccc23)c2c[nH]c3ccccc23)cc1. The zero-order valence-electron chi connectivity index (χ0n) is 16.2. The van der Waals surface area contributed by atoms with Gasteiger partial charge in [0.15, 0.2) is 0 Å². The van der Waals surface area contributed by atoms with E-state index in [0.29, 0.717) is 5.75 Å². The van der Waals surface area contributed by atoms with Gasteiger partial charge in [-0.25, -0.2) is 0 Å². The van der Waals surface area contributed by atoms with E-state index < -0.39 is 0 Å². The summed E-state index contributed by atoms with van der Waals surface area (Å²) in [6.45, 7) is 0. The summed E-state index contributed by atoms with van der Waals surface area (Å²) in [4.78, 5) is 6.81. The number of H-pyrrole nitrogens is 2. The van der Waals surface area contributed by atoms with Crippen LogP contribution in [0.25, 0.3) is 21.8 Å². The predicted octanol–water partition coefficient (Wildman–Crippen LogP) is 6.51. The van der Waals surface area contributed by atoms with Gasteiger partial charge in [0, 0.05) is 40.1 Å². The first-order valence-corrected chi connectivity index (χ1v) is 10.2. The van der Waals surface area contributed by atoms with Gasteiger partial charge in [0.25, 0.3) is 0 Å². The molecular formula is C26H24N2O. The summed E-state index contributed by atoms with van der Waals surface area (Å²) >= 11 is 0. The first kappa shape index (κ1) is 17.6. The molecule has 3 aromatic carbocycles. The molecule has 0 bridgehead atoms. The molecular weight excluding hydrogens is 356 g/mol. The second-order valence-electron chi connectivity index (χ2n) is 7.69. The lowest BCUT2D eigenvalue weighted by molar-refractivity contribution is 0.475. The van der Waals surface area contributed by atoms with Gasteiger partial charge in [0.2, 0.25) is 0 Å². The molecule has 1 atom stereocenters. The van der Waals surface area contributed by atoms with Crippen molar-refractivity contribution in [2.75, 3.05) is 0 Å². The van der Waals surface area contributed by atoms with Crippen LogP contribution in [0, 0.1) is 0 Å². The van der Waals surface area contributed by atoms with Crippen LogP contribution in [0.4, 0.5) is 0 Å². The minimum Gasteiger partial charge on any atom is -0.508 e. The van der Waals surface area contributed by atoms with Crippen LogP contribution in [0.15, 0.2) is 85.2 Å². The van der Waals surface area contributed by atoms with E-state index in [2.05, 4.69) is 70.9 Å². The number of hydrogen-bond donors (Lipinski definition) is 3. The highest BCUT2D eigenvalue weighted by Crippen LogP contribution is 2.35. The van der Waals surface area contributed by atoms with Crippen molar-refractivity contribution in [3.05, 3.63) is 102 Å². The molecule has 0 aliphatic rings. The fourth-order valence-electron chi connectivity index (χ4n) is 4.43. The molecule has 29 heavy (non-hydrogen) atoms. The number of nitrogens with one attached hydrogen (secondary N) is 2. The molecule has 0 amide bonds. The van der Waals surface area contributed by atoms with Crippen molar-refractivity contribution in [3.8, 4) is 5.75 Å². The fourth-order valence-corrected chi connectivity index (χ4v) is 4.43. The lowest BCUT2D eigenvalue weighted by Crippen LogP contribution is -2.01. The molecule has 0 aliphatic heterocycles. The van der Waals surface area contributed by atoms with Gasteiger partial charge in [-0.3, -0.25) is 0 Å². The normalized spacial score (nSPS) is 12.6. The van der Waals surface area contributed by atoms with Crippen molar-refractivity contribution >= 4 is 21.8 Å². The number of aromatic amines is 2. The molecule has 2 heterocycles. The number of fused-ring (bicyclic) bond motifs is 2. The maximum Gasteiger partial charge on any atom is 0.115 e. The number of aromatic hydroxyl groups is 1. The van der Waals surface area contributed by atoms with Gasteiger partial charge in [-0.05, 0) is 60.2 Å². The van der Waals surface area contributed by atoms with E-state index in [-0.39, 0.29) is 5.92 Å². The van der Waals surface area contributed by atoms with Crippen LogP contribution in [0.2, 0.25) is 0 Å². The molecule has 2 aromatic heterocycles. The van der Waals surface area contributed by atoms with Gasteiger partial charge in [0.1, 0.15) is 5.75 Å². The Balaban J connectivity index is 1.43. The van der Waals surface area contributed by atoms with Crippen LogP contribution in [0.5, 0.6) is 5.75 Å². The number of hydrogen-bond acceptors (Lipinski definition) is 1. The number of aryl methyl sites for hydroxylation is 1. The van der Waals surface area contributed by atoms with E-state index in [0.717, 1.165) is 19.3 Å². The van der Waals surface area contributed by atoms with Crippen LogP contribution in [-0.4, -0.2) is 15.1 Å². The molecule has 0 radical (unpaired) electrons. The molecule has 3 nitrogen and oxygen atoms in total. The highest BCUT2D eigenvalue weighted by atomic mass is 16.3. The van der Waals surface area contributed by atoms with Crippen LogP contribution >= 0.6 is 0 Å². The molecule has 0 saturated heterocycles. The second-order valence-corrected chi connectivity index (χ2v) is 7.69. The molecule has 0 fully saturated rings. The summed E-state index contributed by atoms with van der Waals surface area (Å²) in [5, 5.41) is 12.3. The monoisotopic (exact) mass is 380 g/mol. The van der Waals surface area contributed by atoms with Gasteiger partial charge in [-0.2, -0.15) is 0 Å². The molecule has 5 aromatic rings. The molecule has 0 aliphatic carbocycles. The summed E-state index contributed by atoms with van der Waals surface area (Å²) in [6.07, 6.45) is 7.47. The van der Waals surface area contributed by atoms with Gasteiger partial charge in [0.05, 0.1) is 0 Å². The minimum absolute atomic E-state index is 0.289. The Hall–Kier alpha value is -3.46. The molecule has 0 spiro atoms. The maximum absolute atomic E-state index is 9.73. The smallest absolute Gasteiger partial charge is 0.115 e. The number of aromatic nitrogens is 2. The van der Waals surface area contributed by atoms with Crippen molar-refractivity contribution in [1.29, 1.82) is 0 Å². The van der Waals surface area contributed by atoms with Crippen LogP contribution in [0.3, 0.4) is 0 Å². The Morgan fingerprint density at radius 3 is 2.17 bits per heavy atom. The molecule has 3 heteroatoms. The number of rotatable bonds is 6. The van der Waals surface area contributed by atoms with E-state index >= 15 is 0 Å². The fraction of sp³-hybridized carbons (Fsp3) is 0.154. The lowest BCUT2D eigenvalue weighted by atomic mass is 9.86. The number of phenols is 1. The molecule has 5 rings (SSSR count). The van der Waals surface area contributed by atoms with Crippen molar-refractivity contribution in [3.63, 3.8) is 0 Å². The largest absolute Gasteiger partial charge is 0.508 e. The topological polar surface area (TPSA) is 51.8 Å². The Labute approximate surface area is 170 Å². The first-order valence-electron chi connectivity index (χ1n) is 10.2. The Morgan fingerprint density at radius 2 is 1.38 bits per heavy atom. The first-order chi connectivity index (χ1) is 14.3. The molecule has 1 unspecified atom stereocenters. The second kappa shape index (κ2) is 7.51. The Bertz CT molecular complexity index is 1250.